The van der Waals surface area contributed by atoms with Crippen molar-refractivity contribution in [2.45, 2.75) is 45.1 Å². The Morgan fingerprint density at radius 2 is 1.79 bits per heavy atom. The third-order valence-electron chi connectivity index (χ3n) is 4.75. The van der Waals surface area contributed by atoms with Crippen molar-refractivity contribution in [1.82, 2.24) is 5.32 Å². The van der Waals surface area contributed by atoms with Crippen LogP contribution in [0.1, 0.15) is 50.6 Å². The molecule has 5 heteroatoms. The fourth-order valence-corrected chi connectivity index (χ4v) is 3.36. The van der Waals surface area contributed by atoms with Gasteiger partial charge in [0.2, 0.25) is 0 Å². The van der Waals surface area contributed by atoms with Crippen LogP contribution in [-0.4, -0.2) is 39.8 Å². The minimum atomic E-state index is -0.114. The Morgan fingerprint density at radius 3 is 2.42 bits per heavy atom. The van der Waals surface area contributed by atoms with Gasteiger partial charge in [0.25, 0.3) is 5.91 Å². The zero-order valence-electron chi connectivity index (χ0n) is 15.2. The number of nitrogens with one attached hydrogen (secondary N) is 2. The van der Waals surface area contributed by atoms with Crippen molar-refractivity contribution >= 4 is 5.91 Å². The molecule has 5 nitrogen and oxygen atoms in total. The first-order valence-electron chi connectivity index (χ1n) is 8.99. The zero-order valence-corrected chi connectivity index (χ0v) is 15.2. The Balaban J connectivity index is 1.95. The van der Waals surface area contributed by atoms with Crippen molar-refractivity contribution in [1.29, 1.82) is 0 Å². The zero-order chi connectivity index (χ0) is 17.4. The minimum Gasteiger partial charge on any atom is -0.497 e. The molecule has 1 aromatic carbocycles. The molecule has 1 atom stereocenters. The van der Waals surface area contributed by atoms with E-state index >= 15 is 0 Å². The van der Waals surface area contributed by atoms with E-state index in [2.05, 4.69) is 5.32 Å². The summed E-state index contributed by atoms with van der Waals surface area (Å²) in [6.45, 7) is 4.74. The molecule has 1 saturated heterocycles. The van der Waals surface area contributed by atoms with Crippen LogP contribution < -0.4 is 19.7 Å². The number of benzene rings is 1. The van der Waals surface area contributed by atoms with Gasteiger partial charge in [-0.2, -0.15) is 0 Å². The normalized spacial score (nSPS) is 17.5. The summed E-state index contributed by atoms with van der Waals surface area (Å²) in [7, 11) is 3.28. The Kier molecular flexibility index (Phi) is 7.37. The number of methoxy groups -OCH3 is 2. The molecule has 1 aromatic rings. The fraction of sp³-hybridized carbons (Fsp3) is 0.632. The molecule has 1 fully saturated rings. The standard InChI is InChI=1S/C19H30N2O3/c1-15(17-13-16(23-2)9-10-18(17)24-3)20-19(22)14-21-11-7-5-4-6-8-12-21/h9-10,13,15H,4-8,11-12,14H2,1-3H3,(H,20,22)/p+1/t15-/m0/s1. The average Bonchev–Trinajstić information content (AvgIpc) is 2.56. The number of carbonyl (C=O) groups is 1. The van der Waals surface area contributed by atoms with Gasteiger partial charge in [-0.1, -0.05) is 6.42 Å². The van der Waals surface area contributed by atoms with Crippen molar-refractivity contribution in [3.05, 3.63) is 23.8 Å². The summed E-state index contributed by atoms with van der Waals surface area (Å²) >= 11 is 0. The van der Waals surface area contributed by atoms with E-state index in [1.165, 1.54) is 37.0 Å². The molecule has 0 aliphatic carbocycles. The summed E-state index contributed by atoms with van der Waals surface area (Å²) in [5.41, 5.74) is 0.938. The topological polar surface area (TPSA) is 52.0 Å². The maximum absolute atomic E-state index is 12.4. The van der Waals surface area contributed by atoms with Crippen molar-refractivity contribution in [3.8, 4) is 11.5 Å². The van der Waals surface area contributed by atoms with Crippen LogP contribution in [0.5, 0.6) is 11.5 Å². The maximum atomic E-state index is 12.4. The van der Waals surface area contributed by atoms with E-state index in [0.717, 1.165) is 30.2 Å². The lowest BCUT2D eigenvalue weighted by atomic mass is 10.1. The van der Waals surface area contributed by atoms with Crippen LogP contribution >= 0.6 is 0 Å². The second kappa shape index (κ2) is 9.52. The van der Waals surface area contributed by atoms with Crippen molar-refractivity contribution in [2.75, 3.05) is 33.9 Å². The van der Waals surface area contributed by atoms with Gasteiger partial charge in [-0.15, -0.1) is 0 Å². The van der Waals surface area contributed by atoms with Gasteiger partial charge in [-0.3, -0.25) is 4.79 Å². The summed E-state index contributed by atoms with van der Waals surface area (Å²) in [6, 6.07) is 5.55. The average molecular weight is 335 g/mol. The van der Waals surface area contributed by atoms with Crippen LogP contribution in [0.25, 0.3) is 0 Å². The fourth-order valence-electron chi connectivity index (χ4n) is 3.36. The van der Waals surface area contributed by atoms with E-state index in [4.69, 9.17) is 9.47 Å². The predicted molar refractivity (Wildman–Crippen MR) is 94.8 cm³/mol. The van der Waals surface area contributed by atoms with Crippen LogP contribution in [0.4, 0.5) is 0 Å². The lowest BCUT2D eigenvalue weighted by Crippen LogP contribution is -3.13. The van der Waals surface area contributed by atoms with E-state index in [9.17, 15) is 4.79 Å². The van der Waals surface area contributed by atoms with E-state index < -0.39 is 0 Å². The maximum Gasteiger partial charge on any atom is 0.275 e. The molecule has 134 valence electrons. The summed E-state index contributed by atoms with van der Waals surface area (Å²) in [6.07, 6.45) is 6.38. The molecule has 1 aliphatic heterocycles. The van der Waals surface area contributed by atoms with E-state index in [1.807, 2.05) is 25.1 Å². The second-order valence-corrected chi connectivity index (χ2v) is 6.59. The molecular formula is C19H31N2O3+. The first kappa shape index (κ1) is 18.6. The van der Waals surface area contributed by atoms with Crippen molar-refractivity contribution in [3.63, 3.8) is 0 Å². The van der Waals surface area contributed by atoms with Crippen LogP contribution in [0, 0.1) is 0 Å². The first-order chi connectivity index (χ1) is 11.6. The molecule has 0 saturated carbocycles. The number of amides is 1. The molecule has 24 heavy (non-hydrogen) atoms. The molecule has 1 amide bonds. The van der Waals surface area contributed by atoms with E-state index in [0.29, 0.717) is 6.54 Å². The highest BCUT2D eigenvalue weighted by Gasteiger charge is 2.19. The highest BCUT2D eigenvalue weighted by Crippen LogP contribution is 2.29. The van der Waals surface area contributed by atoms with Gasteiger partial charge in [0.1, 0.15) is 11.5 Å². The van der Waals surface area contributed by atoms with Gasteiger partial charge in [-0.05, 0) is 50.8 Å². The van der Waals surface area contributed by atoms with Crippen LogP contribution in [0.2, 0.25) is 0 Å². The molecule has 0 radical (unpaired) electrons. The second-order valence-electron chi connectivity index (χ2n) is 6.59. The SMILES string of the molecule is COc1ccc(OC)c([C@H](C)NC(=O)C[NH+]2CCCCCCC2)c1. The number of rotatable bonds is 6. The molecule has 1 aliphatic rings. The molecule has 0 unspecified atom stereocenters. The molecule has 0 bridgehead atoms. The number of hydrogen-bond acceptors (Lipinski definition) is 3. The number of ether oxygens (including phenoxy) is 2. The molecule has 0 aromatic heterocycles. The smallest absolute Gasteiger partial charge is 0.275 e. The van der Waals surface area contributed by atoms with Crippen LogP contribution in [0.15, 0.2) is 18.2 Å². The molecule has 2 rings (SSSR count). The summed E-state index contributed by atoms with van der Waals surface area (Å²) in [5, 5.41) is 3.11. The third kappa shape index (κ3) is 5.41. The Morgan fingerprint density at radius 1 is 1.12 bits per heavy atom. The summed E-state index contributed by atoms with van der Waals surface area (Å²) < 4.78 is 10.7. The van der Waals surface area contributed by atoms with Crippen LogP contribution in [0.3, 0.4) is 0 Å². The highest BCUT2D eigenvalue weighted by molar-refractivity contribution is 5.77. The van der Waals surface area contributed by atoms with Gasteiger partial charge < -0.3 is 19.7 Å². The largest absolute Gasteiger partial charge is 0.497 e. The Bertz CT molecular complexity index is 525. The Hall–Kier alpha value is -1.75. The van der Waals surface area contributed by atoms with E-state index in [-0.39, 0.29) is 11.9 Å². The highest BCUT2D eigenvalue weighted by atomic mass is 16.5. The summed E-state index contributed by atoms with van der Waals surface area (Å²) in [5.74, 6) is 1.63. The molecular weight excluding hydrogens is 304 g/mol. The lowest BCUT2D eigenvalue weighted by molar-refractivity contribution is -0.893. The molecule has 0 spiro atoms. The molecule has 1 heterocycles. The van der Waals surface area contributed by atoms with Gasteiger partial charge in [-0.25, -0.2) is 0 Å². The predicted octanol–water partition coefficient (Wildman–Crippen LogP) is 1.73. The van der Waals surface area contributed by atoms with Crippen molar-refractivity contribution in [2.24, 2.45) is 0 Å². The van der Waals surface area contributed by atoms with Gasteiger partial charge in [0, 0.05) is 5.56 Å². The van der Waals surface area contributed by atoms with Gasteiger partial charge in [0.15, 0.2) is 6.54 Å². The van der Waals surface area contributed by atoms with Gasteiger partial charge >= 0.3 is 0 Å². The Labute approximate surface area is 145 Å². The van der Waals surface area contributed by atoms with E-state index in [1.54, 1.807) is 14.2 Å². The quantitative estimate of drug-likeness (QED) is 0.832. The minimum absolute atomic E-state index is 0.1000. The van der Waals surface area contributed by atoms with Gasteiger partial charge in [0.05, 0.1) is 33.4 Å². The number of carbonyl (C=O) groups excluding carboxylic acids is 1. The lowest BCUT2D eigenvalue weighted by Gasteiger charge is -2.23. The first-order valence-corrected chi connectivity index (χ1v) is 8.99. The summed E-state index contributed by atoms with van der Waals surface area (Å²) in [4.78, 5) is 13.8. The van der Waals surface area contributed by atoms with Crippen molar-refractivity contribution < 1.29 is 19.2 Å². The third-order valence-corrected chi connectivity index (χ3v) is 4.75. The van der Waals surface area contributed by atoms with Crippen LogP contribution in [-0.2, 0) is 4.79 Å². The molecule has 2 N–H and O–H groups in total. The monoisotopic (exact) mass is 335 g/mol. The number of likely N-dealkylation sites (tertiary alicyclic amines) is 1. The number of quaternary nitrogens is 1. The number of hydrogen-bond donors (Lipinski definition) is 2.